The standard InChI is InChI=1S/C19H25FN2O3/c1-14-13-19(25-18(24)21-14)8-11-22(12-9-19)10-2-3-17(23)15-4-6-16(20)7-5-15/h4-7,14H,2-3,8-13H2,1H3,(H,21,24). The third-order valence-corrected chi connectivity index (χ3v) is 5.16. The Labute approximate surface area is 147 Å². The van der Waals surface area contributed by atoms with E-state index in [1.54, 1.807) is 0 Å². The largest absolute Gasteiger partial charge is 0.443 e. The maximum absolute atomic E-state index is 12.9. The van der Waals surface area contributed by atoms with E-state index < -0.39 is 0 Å². The molecule has 1 atom stereocenters. The van der Waals surface area contributed by atoms with Crippen molar-refractivity contribution in [3.8, 4) is 0 Å². The van der Waals surface area contributed by atoms with Gasteiger partial charge < -0.3 is 15.0 Å². The van der Waals surface area contributed by atoms with Crippen LogP contribution < -0.4 is 5.32 Å². The van der Waals surface area contributed by atoms with Gasteiger partial charge in [-0.15, -0.1) is 0 Å². The molecule has 2 saturated heterocycles. The molecule has 2 aliphatic heterocycles. The molecule has 6 heteroatoms. The van der Waals surface area contributed by atoms with Crippen molar-refractivity contribution in [2.24, 2.45) is 0 Å². The van der Waals surface area contributed by atoms with E-state index in [-0.39, 0.29) is 29.3 Å². The summed E-state index contributed by atoms with van der Waals surface area (Å²) in [4.78, 5) is 26.1. The fourth-order valence-corrected chi connectivity index (χ4v) is 3.81. The minimum Gasteiger partial charge on any atom is -0.443 e. The summed E-state index contributed by atoms with van der Waals surface area (Å²) in [5.41, 5.74) is 0.247. The first kappa shape index (κ1) is 17.9. The lowest BCUT2D eigenvalue weighted by Gasteiger charge is -2.45. The van der Waals surface area contributed by atoms with Crippen LogP contribution in [0, 0.1) is 5.82 Å². The van der Waals surface area contributed by atoms with Gasteiger partial charge in [-0.1, -0.05) is 0 Å². The van der Waals surface area contributed by atoms with Gasteiger partial charge in [0.2, 0.25) is 0 Å². The van der Waals surface area contributed by atoms with Crippen LogP contribution in [0.1, 0.15) is 49.4 Å². The molecule has 0 aliphatic carbocycles. The Balaban J connectivity index is 1.41. The van der Waals surface area contributed by atoms with Crippen LogP contribution in [0.4, 0.5) is 9.18 Å². The first-order valence-electron chi connectivity index (χ1n) is 8.96. The average molecular weight is 348 g/mol. The van der Waals surface area contributed by atoms with E-state index in [0.717, 1.165) is 45.3 Å². The third kappa shape index (κ3) is 4.57. The molecule has 2 fully saturated rings. The van der Waals surface area contributed by atoms with E-state index in [9.17, 15) is 14.0 Å². The molecule has 1 unspecified atom stereocenters. The second kappa shape index (κ2) is 7.52. The molecule has 1 aromatic rings. The number of carbonyl (C=O) groups is 2. The molecule has 1 spiro atoms. The maximum Gasteiger partial charge on any atom is 0.407 e. The van der Waals surface area contributed by atoms with Crippen molar-refractivity contribution in [3.63, 3.8) is 0 Å². The van der Waals surface area contributed by atoms with Crippen LogP contribution >= 0.6 is 0 Å². The van der Waals surface area contributed by atoms with Gasteiger partial charge in [0, 0.05) is 50.4 Å². The lowest BCUT2D eigenvalue weighted by Crippen LogP contribution is -2.56. The van der Waals surface area contributed by atoms with Crippen molar-refractivity contribution in [2.75, 3.05) is 19.6 Å². The molecule has 1 N–H and O–H groups in total. The molecule has 25 heavy (non-hydrogen) atoms. The zero-order valence-electron chi connectivity index (χ0n) is 14.6. The zero-order valence-corrected chi connectivity index (χ0v) is 14.6. The number of hydrogen-bond donors (Lipinski definition) is 1. The molecule has 0 saturated carbocycles. The Bertz CT molecular complexity index is 624. The lowest BCUT2D eigenvalue weighted by atomic mass is 9.84. The first-order chi connectivity index (χ1) is 12.0. The molecule has 1 aromatic carbocycles. The van der Waals surface area contributed by atoms with Crippen LogP contribution in [0.25, 0.3) is 0 Å². The van der Waals surface area contributed by atoms with Crippen LogP contribution in [-0.4, -0.2) is 48.1 Å². The van der Waals surface area contributed by atoms with E-state index in [1.165, 1.54) is 24.3 Å². The van der Waals surface area contributed by atoms with E-state index >= 15 is 0 Å². The lowest BCUT2D eigenvalue weighted by molar-refractivity contribution is -0.0634. The van der Waals surface area contributed by atoms with Gasteiger partial charge in [-0.05, 0) is 44.2 Å². The van der Waals surface area contributed by atoms with Gasteiger partial charge in [-0.2, -0.15) is 0 Å². The monoisotopic (exact) mass is 348 g/mol. The molecular formula is C19H25FN2O3. The van der Waals surface area contributed by atoms with Crippen molar-refractivity contribution in [1.29, 1.82) is 0 Å². The number of alkyl carbamates (subject to hydrolysis) is 1. The molecule has 2 aliphatic rings. The topological polar surface area (TPSA) is 58.6 Å². The number of ether oxygens (including phenoxy) is 1. The number of nitrogens with zero attached hydrogens (tertiary/aromatic N) is 1. The van der Waals surface area contributed by atoms with Crippen LogP contribution in [-0.2, 0) is 4.74 Å². The van der Waals surface area contributed by atoms with Crippen LogP contribution in [0.2, 0.25) is 0 Å². The van der Waals surface area contributed by atoms with Crippen molar-refractivity contribution >= 4 is 11.9 Å². The summed E-state index contributed by atoms with van der Waals surface area (Å²) in [5.74, 6) is -0.277. The van der Waals surface area contributed by atoms with Crippen molar-refractivity contribution < 1.29 is 18.7 Å². The summed E-state index contributed by atoms with van der Waals surface area (Å²) in [7, 11) is 0. The summed E-state index contributed by atoms with van der Waals surface area (Å²) in [6.07, 6.45) is 3.48. The number of hydrogen-bond acceptors (Lipinski definition) is 4. The first-order valence-corrected chi connectivity index (χ1v) is 8.96. The molecule has 0 aromatic heterocycles. The Morgan fingerprint density at radius 3 is 2.64 bits per heavy atom. The van der Waals surface area contributed by atoms with E-state index in [0.29, 0.717) is 12.0 Å². The minimum atomic E-state index is -0.327. The summed E-state index contributed by atoms with van der Waals surface area (Å²) in [6.45, 7) is 4.62. The van der Waals surface area contributed by atoms with Crippen molar-refractivity contribution in [3.05, 3.63) is 35.6 Å². The molecule has 2 heterocycles. The van der Waals surface area contributed by atoms with Gasteiger partial charge in [0.25, 0.3) is 0 Å². The SMILES string of the molecule is CC1CC2(CCN(CCCC(=O)c3ccc(F)cc3)CC2)OC(=O)N1. The molecule has 3 rings (SSSR count). The molecule has 0 bridgehead atoms. The van der Waals surface area contributed by atoms with Gasteiger partial charge in [-0.25, -0.2) is 9.18 Å². The molecular weight excluding hydrogens is 323 g/mol. The number of piperidine rings is 1. The highest BCUT2D eigenvalue weighted by atomic mass is 19.1. The van der Waals surface area contributed by atoms with Gasteiger partial charge in [0.1, 0.15) is 11.4 Å². The second-order valence-electron chi connectivity index (χ2n) is 7.20. The summed E-state index contributed by atoms with van der Waals surface area (Å²) < 4.78 is 18.5. The highest BCUT2D eigenvalue weighted by Gasteiger charge is 2.42. The predicted molar refractivity (Wildman–Crippen MR) is 92.1 cm³/mol. The zero-order chi connectivity index (χ0) is 17.9. The highest BCUT2D eigenvalue weighted by molar-refractivity contribution is 5.95. The number of nitrogens with one attached hydrogen (secondary N) is 1. The van der Waals surface area contributed by atoms with Gasteiger partial charge in [0.15, 0.2) is 5.78 Å². The molecule has 5 nitrogen and oxygen atoms in total. The van der Waals surface area contributed by atoms with Crippen LogP contribution in [0.15, 0.2) is 24.3 Å². The predicted octanol–water partition coefficient (Wildman–Crippen LogP) is 3.14. The molecule has 1 amide bonds. The highest BCUT2D eigenvalue weighted by Crippen LogP contribution is 2.33. The number of halogens is 1. The Morgan fingerprint density at radius 1 is 1.32 bits per heavy atom. The van der Waals surface area contributed by atoms with Crippen molar-refractivity contribution in [2.45, 2.75) is 50.7 Å². The average Bonchev–Trinajstić information content (AvgIpc) is 2.56. The van der Waals surface area contributed by atoms with Gasteiger partial charge >= 0.3 is 6.09 Å². The van der Waals surface area contributed by atoms with Gasteiger partial charge in [0.05, 0.1) is 0 Å². The molecule has 136 valence electrons. The number of Topliss-reactive ketones (excluding diaryl/α,β-unsaturated/α-hetero) is 1. The number of carbonyl (C=O) groups excluding carboxylic acids is 2. The fraction of sp³-hybridized carbons (Fsp3) is 0.579. The van der Waals surface area contributed by atoms with E-state index in [2.05, 4.69) is 10.2 Å². The van der Waals surface area contributed by atoms with E-state index in [1.807, 2.05) is 6.92 Å². The van der Waals surface area contributed by atoms with Crippen LogP contribution in [0.5, 0.6) is 0 Å². The number of likely N-dealkylation sites (tertiary alicyclic amines) is 1. The minimum absolute atomic E-state index is 0.0505. The molecule has 0 radical (unpaired) electrons. The second-order valence-corrected chi connectivity index (χ2v) is 7.20. The Hall–Kier alpha value is -1.95. The van der Waals surface area contributed by atoms with Crippen LogP contribution in [0.3, 0.4) is 0 Å². The fourth-order valence-electron chi connectivity index (χ4n) is 3.81. The number of amides is 1. The van der Waals surface area contributed by atoms with Gasteiger partial charge in [-0.3, -0.25) is 4.79 Å². The van der Waals surface area contributed by atoms with Crippen molar-refractivity contribution in [1.82, 2.24) is 10.2 Å². The number of rotatable bonds is 5. The smallest absolute Gasteiger partial charge is 0.407 e. The Morgan fingerprint density at radius 2 is 2.00 bits per heavy atom. The number of ketones is 1. The third-order valence-electron chi connectivity index (χ3n) is 5.16. The van der Waals surface area contributed by atoms with E-state index in [4.69, 9.17) is 4.74 Å². The quantitative estimate of drug-likeness (QED) is 0.831. The summed E-state index contributed by atoms with van der Waals surface area (Å²) in [6, 6.07) is 5.86. The maximum atomic E-state index is 12.9. The number of benzene rings is 1. The summed E-state index contributed by atoms with van der Waals surface area (Å²) >= 11 is 0. The normalized spacial score (nSPS) is 23.1. The summed E-state index contributed by atoms with van der Waals surface area (Å²) in [5, 5.41) is 2.79. The Kier molecular flexibility index (Phi) is 5.37.